The van der Waals surface area contributed by atoms with Crippen LogP contribution in [0.2, 0.25) is 0 Å². The van der Waals surface area contributed by atoms with E-state index in [1.165, 1.54) is 25.7 Å². The number of hydrogen-bond donors (Lipinski definition) is 1. The number of aromatic nitrogens is 2. The summed E-state index contributed by atoms with van der Waals surface area (Å²) in [5, 5.41) is 7.32. The largest absolute Gasteiger partial charge is 0.352 e. The summed E-state index contributed by atoms with van der Waals surface area (Å²) in [6, 6.07) is 0.456. The van der Waals surface area contributed by atoms with Gasteiger partial charge in [-0.1, -0.05) is 5.16 Å². The van der Waals surface area contributed by atoms with Crippen LogP contribution in [0.4, 0.5) is 0 Å². The first-order valence-electron chi connectivity index (χ1n) is 9.70. The average Bonchev–Trinajstić information content (AvgIpc) is 3.46. The van der Waals surface area contributed by atoms with Gasteiger partial charge in [0.15, 0.2) is 5.82 Å². The maximum atomic E-state index is 12.5. The van der Waals surface area contributed by atoms with Gasteiger partial charge in [0.05, 0.1) is 13.1 Å². The summed E-state index contributed by atoms with van der Waals surface area (Å²) in [5.74, 6) is 3.10. The summed E-state index contributed by atoms with van der Waals surface area (Å²) in [6.07, 6.45) is 6.27. The van der Waals surface area contributed by atoms with Gasteiger partial charge >= 0.3 is 0 Å². The molecule has 3 aliphatic rings. The number of aryl methyl sites for hydroxylation is 1. The molecule has 1 amide bonds. The predicted molar refractivity (Wildman–Crippen MR) is 92.7 cm³/mol. The Balaban J connectivity index is 1.22. The Morgan fingerprint density at radius 1 is 1.16 bits per heavy atom. The quantitative estimate of drug-likeness (QED) is 0.799. The van der Waals surface area contributed by atoms with Crippen LogP contribution in [-0.2, 0) is 11.3 Å². The minimum Gasteiger partial charge on any atom is -0.352 e. The van der Waals surface area contributed by atoms with E-state index in [0.717, 1.165) is 56.8 Å². The number of carbonyl (C=O) groups excluding carboxylic acids is 1. The molecule has 1 saturated heterocycles. The van der Waals surface area contributed by atoms with Crippen molar-refractivity contribution < 1.29 is 9.32 Å². The molecule has 0 unspecified atom stereocenters. The van der Waals surface area contributed by atoms with Gasteiger partial charge in [-0.25, -0.2) is 0 Å². The van der Waals surface area contributed by atoms with E-state index in [4.69, 9.17) is 4.52 Å². The van der Waals surface area contributed by atoms with E-state index >= 15 is 0 Å². The summed E-state index contributed by atoms with van der Waals surface area (Å²) in [7, 11) is 0. The van der Waals surface area contributed by atoms with Crippen LogP contribution < -0.4 is 5.32 Å². The van der Waals surface area contributed by atoms with Gasteiger partial charge in [0.2, 0.25) is 11.8 Å². The molecule has 7 nitrogen and oxygen atoms in total. The number of carbonyl (C=O) groups is 1. The Morgan fingerprint density at radius 2 is 1.84 bits per heavy atom. The van der Waals surface area contributed by atoms with Crippen LogP contribution in [0.3, 0.4) is 0 Å². The van der Waals surface area contributed by atoms with E-state index in [1.54, 1.807) is 0 Å². The standard InChI is InChI=1S/C18H29N5O2/c1-13-19-16(21-25-13)11-22-7-2-8-23(10-9-22)12-17(24)20-18(14-3-4-14)15-5-6-15/h14-15,18H,2-12H2,1H3,(H,20,24). The molecule has 0 spiro atoms. The summed E-state index contributed by atoms with van der Waals surface area (Å²) in [4.78, 5) is 21.4. The zero-order valence-electron chi connectivity index (χ0n) is 15.1. The fourth-order valence-electron chi connectivity index (χ4n) is 3.91. The molecule has 2 saturated carbocycles. The van der Waals surface area contributed by atoms with Crippen LogP contribution in [0.25, 0.3) is 0 Å². The van der Waals surface area contributed by atoms with Gasteiger partial charge in [0.1, 0.15) is 0 Å². The van der Waals surface area contributed by atoms with E-state index < -0.39 is 0 Å². The van der Waals surface area contributed by atoms with Crippen molar-refractivity contribution >= 4 is 5.91 Å². The zero-order valence-corrected chi connectivity index (χ0v) is 15.1. The fraction of sp³-hybridized carbons (Fsp3) is 0.833. The Morgan fingerprint density at radius 3 is 2.48 bits per heavy atom. The van der Waals surface area contributed by atoms with Gasteiger partial charge in [-0.2, -0.15) is 4.98 Å². The van der Waals surface area contributed by atoms with Crippen molar-refractivity contribution in [1.82, 2.24) is 25.3 Å². The Bertz CT molecular complexity index is 584. The molecule has 0 atom stereocenters. The number of amides is 1. The van der Waals surface area contributed by atoms with Crippen LogP contribution in [-0.4, -0.2) is 64.6 Å². The number of nitrogens with one attached hydrogen (secondary N) is 1. The normalized spacial score (nSPS) is 23.0. The highest BCUT2D eigenvalue weighted by Crippen LogP contribution is 2.44. The minimum absolute atomic E-state index is 0.214. The molecule has 25 heavy (non-hydrogen) atoms. The molecule has 1 N–H and O–H groups in total. The van der Waals surface area contributed by atoms with Crippen LogP contribution in [0, 0.1) is 18.8 Å². The first-order chi connectivity index (χ1) is 12.2. The Kier molecular flexibility index (Phi) is 5.03. The number of hydrogen-bond acceptors (Lipinski definition) is 6. The Labute approximate surface area is 149 Å². The third-order valence-electron chi connectivity index (χ3n) is 5.57. The average molecular weight is 347 g/mol. The van der Waals surface area contributed by atoms with Gasteiger partial charge in [-0.05, 0) is 57.0 Å². The summed E-state index contributed by atoms with van der Waals surface area (Å²) < 4.78 is 5.05. The maximum absolute atomic E-state index is 12.5. The number of rotatable bonds is 7. The lowest BCUT2D eigenvalue weighted by Gasteiger charge is -2.23. The molecule has 1 aromatic heterocycles. The molecule has 1 aromatic rings. The van der Waals surface area contributed by atoms with Gasteiger partial charge in [-0.3, -0.25) is 14.6 Å². The molecular weight excluding hydrogens is 318 g/mol. The molecule has 0 bridgehead atoms. The second-order valence-corrected chi connectivity index (χ2v) is 7.90. The molecule has 1 aliphatic heterocycles. The first-order valence-corrected chi connectivity index (χ1v) is 9.70. The van der Waals surface area contributed by atoms with Crippen molar-refractivity contribution in [2.45, 2.75) is 51.6 Å². The predicted octanol–water partition coefficient (Wildman–Crippen LogP) is 1.19. The SMILES string of the molecule is Cc1nc(CN2CCCN(CC(=O)NC(C3CC3)C3CC3)CC2)no1. The second-order valence-electron chi connectivity index (χ2n) is 7.90. The molecular formula is C18H29N5O2. The smallest absolute Gasteiger partial charge is 0.234 e. The lowest BCUT2D eigenvalue weighted by molar-refractivity contribution is -0.123. The minimum atomic E-state index is 0.214. The molecule has 0 aromatic carbocycles. The summed E-state index contributed by atoms with van der Waals surface area (Å²) >= 11 is 0. The lowest BCUT2D eigenvalue weighted by atomic mass is 10.1. The third-order valence-corrected chi connectivity index (χ3v) is 5.57. The Hall–Kier alpha value is -1.47. The van der Waals surface area contributed by atoms with Gasteiger partial charge in [-0.15, -0.1) is 0 Å². The monoisotopic (exact) mass is 347 g/mol. The number of nitrogens with zero attached hydrogens (tertiary/aromatic N) is 4. The molecule has 7 heteroatoms. The topological polar surface area (TPSA) is 74.5 Å². The van der Waals surface area contributed by atoms with Crippen molar-refractivity contribution in [1.29, 1.82) is 0 Å². The highest BCUT2D eigenvalue weighted by atomic mass is 16.5. The van der Waals surface area contributed by atoms with E-state index in [-0.39, 0.29) is 5.91 Å². The molecule has 4 rings (SSSR count). The van der Waals surface area contributed by atoms with Crippen LogP contribution in [0.1, 0.15) is 43.8 Å². The van der Waals surface area contributed by atoms with E-state index in [9.17, 15) is 4.79 Å². The van der Waals surface area contributed by atoms with Gasteiger partial charge < -0.3 is 9.84 Å². The van der Waals surface area contributed by atoms with Crippen molar-refractivity contribution in [2.75, 3.05) is 32.7 Å². The zero-order chi connectivity index (χ0) is 17.2. The van der Waals surface area contributed by atoms with E-state index in [0.29, 0.717) is 18.5 Å². The van der Waals surface area contributed by atoms with Crippen molar-refractivity contribution in [3.63, 3.8) is 0 Å². The van der Waals surface area contributed by atoms with Crippen LogP contribution in [0.5, 0.6) is 0 Å². The summed E-state index contributed by atoms with van der Waals surface area (Å²) in [6.45, 7) is 6.92. The first kappa shape index (κ1) is 17.0. The van der Waals surface area contributed by atoms with Crippen LogP contribution >= 0.6 is 0 Å². The maximum Gasteiger partial charge on any atom is 0.234 e. The molecule has 3 fully saturated rings. The van der Waals surface area contributed by atoms with E-state index in [2.05, 4.69) is 25.3 Å². The van der Waals surface area contributed by atoms with E-state index in [1.807, 2.05) is 6.92 Å². The molecule has 138 valence electrons. The van der Waals surface area contributed by atoms with Crippen molar-refractivity contribution in [3.05, 3.63) is 11.7 Å². The molecule has 2 heterocycles. The van der Waals surface area contributed by atoms with Crippen LogP contribution in [0.15, 0.2) is 4.52 Å². The molecule has 0 radical (unpaired) electrons. The van der Waals surface area contributed by atoms with Crippen molar-refractivity contribution in [2.24, 2.45) is 11.8 Å². The summed E-state index contributed by atoms with van der Waals surface area (Å²) in [5.41, 5.74) is 0. The second kappa shape index (κ2) is 7.41. The highest BCUT2D eigenvalue weighted by Gasteiger charge is 2.42. The fourth-order valence-corrected chi connectivity index (χ4v) is 3.91. The molecule has 2 aliphatic carbocycles. The van der Waals surface area contributed by atoms with Gasteiger partial charge in [0, 0.05) is 26.1 Å². The highest BCUT2D eigenvalue weighted by molar-refractivity contribution is 5.78. The van der Waals surface area contributed by atoms with Gasteiger partial charge in [0.25, 0.3) is 0 Å². The third kappa shape index (κ3) is 4.79. The van der Waals surface area contributed by atoms with Crippen molar-refractivity contribution in [3.8, 4) is 0 Å². The lowest BCUT2D eigenvalue weighted by Crippen LogP contribution is -2.44.